The molecule has 0 radical (unpaired) electrons. The first-order chi connectivity index (χ1) is 12.3. The van der Waals surface area contributed by atoms with Crippen molar-refractivity contribution in [1.82, 2.24) is 9.55 Å². The van der Waals surface area contributed by atoms with Gasteiger partial charge in [-0.05, 0) is 42.5 Å². The zero-order valence-corrected chi connectivity index (χ0v) is 15.4. The summed E-state index contributed by atoms with van der Waals surface area (Å²) in [7, 11) is 0. The zero-order valence-electron chi connectivity index (χ0n) is 13.8. The second kappa shape index (κ2) is 5.46. The maximum Gasteiger partial charge on any atom is 0.114 e. The SMILES string of the molecule is CCc1nc2cccc3c2n1-c1cc(Br)ccc1N3c1ccccc1. The number of aromatic nitrogens is 2. The number of hydrogen-bond donors (Lipinski definition) is 0. The van der Waals surface area contributed by atoms with Gasteiger partial charge in [0.15, 0.2) is 0 Å². The van der Waals surface area contributed by atoms with Crippen molar-refractivity contribution in [1.29, 1.82) is 0 Å². The maximum atomic E-state index is 4.88. The van der Waals surface area contributed by atoms with Gasteiger partial charge in [-0.2, -0.15) is 0 Å². The van der Waals surface area contributed by atoms with Gasteiger partial charge in [0.25, 0.3) is 0 Å². The minimum Gasteiger partial charge on any atom is -0.306 e. The molecule has 0 saturated heterocycles. The first kappa shape index (κ1) is 14.7. The fourth-order valence-electron chi connectivity index (χ4n) is 3.68. The van der Waals surface area contributed by atoms with E-state index in [1.165, 1.54) is 16.9 Å². The van der Waals surface area contributed by atoms with Crippen LogP contribution >= 0.6 is 15.9 Å². The van der Waals surface area contributed by atoms with E-state index in [0.29, 0.717) is 0 Å². The Labute approximate surface area is 154 Å². The van der Waals surface area contributed by atoms with Crippen molar-refractivity contribution < 1.29 is 0 Å². The predicted molar refractivity (Wildman–Crippen MR) is 106 cm³/mol. The highest BCUT2D eigenvalue weighted by Gasteiger charge is 2.28. The first-order valence-corrected chi connectivity index (χ1v) is 9.22. The van der Waals surface area contributed by atoms with Crippen molar-refractivity contribution >= 4 is 44.0 Å². The van der Waals surface area contributed by atoms with E-state index in [1.54, 1.807) is 0 Å². The van der Waals surface area contributed by atoms with Crippen molar-refractivity contribution in [3.05, 3.63) is 77.0 Å². The summed E-state index contributed by atoms with van der Waals surface area (Å²) in [5.41, 5.74) is 6.88. The number of benzene rings is 3. The van der Waals surface area contributed by atoms with Crippen LogP contribution in [0, 0.1) is 0 Å². The molecule has 25 heavy (non-hydrogen) atoms. The van der Waals surface area contributed by atoms with Crippen molar-refractivity contribution in [2.45, 2.75) is 13.3 Å². The topological polar surface area (TPSA) is 21.1 Å². The van der Waals surface area contributed by atoms with E-state index in [-0.39, 0.29) is 0 Å². The van der Waals surface area contributed by atoms with E-state index in [2.05, 4.69) is 99.1 Å². The van der Waals surface area contributed by atoms with Crippen molar-refractivity contribution in [2.24, 2.45) is 0 Å². The van der Waals surface area contributed by atoms with Crippen molar-refractivity contribution in [2.75, 3.05) is 4.90 Å². The number of rotatable bonds is 2. The lowest BCUT2D eigenvalue weighted by atomic mass is 10.1. The standard InChI is InChI=1S/C21H16BrN3/c1-2-20-23-16-9-6-10-18-21(16)25(20)19-13-14(22)11-12-17(19)24(18)15-7-4-3-5-8-15/h3-13H,2H2,1H3. The molecule has 0 bridgehead atoms. The molecule has 0 spiro atoms. The van der Waals surface area contributed by atoms with E-state index in [0.717, 1.165) is 33.6 Å². The summed E-state index contributed by atoms with van der Waals surface area (Å²) < 4.78 is 3.38. The Balaban J connectivity index is 1.94. The van der Waals surface area contributed by atoms with Crippen LogP contribution < -0.4 is 4.90 Å². The Morgan fingerprint density at radius 1 is 0.880 bits per heavy atom. The van der Waals surface area contributed by atoms with E-state index in [1.807, 2.05) is 0 Å². The van der Waals surface area contributed by atoms with Gasteiger partial charge < -0.3 is 4.90 Å². The molecule has 5 rings (SSSR count). The first-order valence-electron chi connectivity index (χ1n) is 8.43. The average molecular weight is 390 g/mol. The van der Waals surface area contributed by atoms with E-state index in [4.69, 9.17) is 4.98 Å². The fourth-order valence-corrected chi connectivity index (χ4v) is 4.03. The Hall–Kier alpha value is -2.59. The molecule has 4 aromatic rings. The van der Waals surface area contributed by atoms with Gasteiger partial charge >= 0.3 is 0 Å². The van der Waals surface area contributed by atoms with Gasteiger partial charge in [0.05, 0.1) is 28.1 Å². The van der Waals surface area contributed by atoms with Gasteiger partial charge in [0, 0.05) is 16.6 Å². The Morgan fingerprint density at radius 3 is 2.52 bits per heavy atom. The monoisotopic (exact) mass is 389 g/mol. The number of fused-ring (bicyclic) bond motifs is 2. The predicted octanol–water partition coefficient (Wildman–Crippen LogP) is 6.13. The van der Waals surface area contributed by atoms with Crippen LogP contribution in [-0.4, -0.2) is 9.55 Å². The highest BCUT2D eigenvalue weighted by Crippen LogP contribution is 2.47. The van der Waals surface area contributed by atoms with Crippen LogP contribution in [0.1, 0.15) is 12.7 Å². The molecule has 0 N–H and O–H groups in total. The third-order valence-corrected chi connectivity index (χ3v) is 5.21. The van der Waals surface area contributed by atoms with Crippen LogP contribution in [0.5, 0.6) is 0 Å². The zero-order chi connectivity index (χ0) is 17.0. The van der Waals surface area contributed by atoms with Gasteiger partial charge in [0.2, 0.25) is 0 Å². The molecule has 0 atom stereocenters. The molecule has 1 aromatic heterocycles. The minimum atomic E-state index is 0.894. The molecule has 0 saturated carbocycles. The number of anilines is 3. The number of para-hydroxylation sites is 2. The molecule has 0 amide bonds. The highest BCUT2D eigenvalue weighted by molar-refractivity contribution is 9.10. The van der Waals surface area contributed by atoms with Gasteiger partial charge in [-0.1, -0.05) is 47.1 Å². The van der Waals surface area contributed by atoms with Gasteiger partial charge in [-0.25, -0.2) is 4.98 Å². The second-order valence-electron chi connectivity index (χ2n) is 6.17. The lowest BCUT2D eigenvalue weighted by Crippen LogP contribution is -2.19. The third kappa shape index (κ3) is 2.07. The lowest BCUT2D eigenvalue weighted by Gasteiger charge is -2.33. The van der Waals surface area contributed by atoms with Crippen LogP contribution in [0.4, 0.5) is 17.1 Å². The Morgan fingerprint density at radius 2 is 1.72 bits per heavy atom. The molecule has 1 aliphatic heterocycles. The minimum absolute atomic E-state index is 0.894. The summed E-state index contributed by atoms with van der Waals surface area (Å²) in [6, 6.07) is 23.3. The van der Waals surface area contributed by atoms with Gasteiger partial charge in [-0.3, -0.25) is 4.57 Å². The number of halogens is 1. The van der Waals surface area contributed by atoms with Gasteiger partial charge in [-0.15, -0.1) is 0 Å². The van der Waals surface area contributed by atoms with Crippen LogP contribution in [0.15, 0.2) is 71.2 Å². The molecule has 2 heterocycles. The molecule has 1 aliphatic rings. The summed E-state index contributed by atoms with van der Waals surface area (Å²) in [4.78, 5) is 7.21. The molecule has 0 aliphatic carbocycles. The fraction of sp³-hybridized carbons (Fsp3) is 0.0952. The summed E-state index contributed by atoms with van der Waals surface area (Å²) >= 11 is 3.64. The Kier molecular flexibility index (Phi) is 3.22. The van der Waals surface area contributed by atoms with Crippen LogP contribution in [0.2, 0.25) is 0 Å². The molecule has 3 nitrogen and oxygen atoms in total. The quantitative estimate of drug-likeness (QED) is 0.361. The largest absolute Gasteiger partial charge is 0.306 e. The average Bonchev–Trinajstić information content (AvgIpc) is 3.03. The molecular formula is C21H16BrN3. The maximum absolute atomic E-state index is 4.88. The number of hydrogen-bond acceptors (Lipinski definition) is 2. The van der Waals surface area contributed by atoms with Gasteiger partial charge in [0.1, 0.15) is 5.82 Å². The normalized spacial score (nSPS) is 12.5. The molecule has 0 fully saturated rings. The molecule has 4 heteroatoms. The third-order valence-electron chi connectivity index (χ3n) is 4.72. The summed E-state index contributed by atoms with van der Waals surface area (Å²) in [6.07, 6.45) is 0.894. The number of aryl methyl sites for hydroxylation is 1. The number of nitrogens with zero attached hydrogens (tertiary/aromatic N) is 3. The lowest BCUT2D eigenvalue weighted by molar-refractivity contribution is 0.900. The van der Waals surface area contributed by atoms with Crippen LogP contribution in [0.25, 0.3) is 16.7 Å². The van der Waals surface area contributed by atoms with E-state index >= 15 is 0 Å². The number of imidazole rings is 1. The molecule has 3 aromatic carbocycles. The second-order valence-corrected chi connectivity index (χ2v) is 7.08. The molecule has 122 valence electrons. The Bertz CT molecular complexity index is 1100. The van der Waals surface area contributed by atoms with Crippen molar-refractivity contribution in [3.63, 3.8) is 0 Å². The van der Waals surface area contributed by atoms with E-state index in [9.17, 15) is 0 Å². The van der Waals surface area contributed by atoms with Crippen LogP contribution in [-0.2, 0) is 6.42 Å². The smallest absolute Gasteiger partial charge is 0.114 e. The summed E-state index contributed by atoms with van der Waals surface area (Å²) in [6.45, 7) is 2.16. The van der Waals surface area contributed by atoms with Crippen LogP contribution in [0.3, 0.4) is 0 Å². The van der Waals surface area contributed by atoms with E-state index < -0.39 is 0 Å². The van der Waals surface area contributed by atoms with Crippen molar-refractivity contribution in [3.8, 4) is 5.69 Å². The summed E-state index contributed by atoms with van der Waals surface area (Å²) in [5.74, 6) is 1.09. The molecule has 0 unspecified atom stereocenters. The summed E-state index contributed by atoms with van der Waals surface area (Å²) in [5, 5.41) is 0. The molecular weight excluding hydrogens is 374 g/mol. The highest BCUT2D eigenvalue weighted by atomic mass is 79.9.